The highest BCUT2D eigenvalue weighted by atomic mass is 16.5. The normalized spacial score (nSPS) is 48.5. The van der Waals surface area contributed by atoms with Crippen molar-refractivity contribution in [2.75, 3.05) is 13.2 Å². The molecule has 1 heteroatoms. The van der Waals surface area contributed by atoms with Gasteiger partial charge in [-0.15, -0.1) is 0 Å². The van der Waals surface area contributed by atoms with Crippen LogP contribution >= 0.6 is 0 Å². The van der Waals surface area contributed by atoms with E-state index in [1.165, 1.54) is 25.7 Å². The lowest BCUT2D eigenvalue weighted by atomic mass is 9.66. The van der Waals surface area contributed by atoms with Crippen LogP contribution < -0.4 is 0 Å². The summed E-state index contributed by atoms with van der Waals surface area (Å²) in [6, 6.07) is 0. The Hall–Kier alpha value is -0.0400. The maximum absolute atomic E-state index is 5.59. The SMILES string of the molecule is CC1CCC2(CC1)COC[C@@H]2C. The zero-order chi connectivity index (χ0) is 8.60. The summed E-state index contributed by atoms with van der Waals surface area (Å²) in [5.74, 6) is 1.77. The Morgan fingerprint density at radius 1 is 1.17 bits per heavy atom. The monoisotopic (exact) mass is 168 g/mol. The summed E-state index contributed by atoms with van der Waals surface area (Å²) in [5, 5.41) is 0. The Kier molecular flexibility index (Phi) is 2.16. The molecule has 1 nitrogen and oxygen atoms in total. The van der Waals surface area contributed by atoms with Crippen LogP contribution in [-0.2, 0) is 4.74 Å². The van der Waals surface area contributed by atoms with Gasteiger partial charge in [-0.2, -0.15) is 0 Å². The fraction of sp³-hybridized carbons (Fsp3) is 1.00. The summed E-state index contributed by atoms with van der Waals surface area (Å²) in [7, 11) is 0. The predicted octanol–water partition coefficient (Wildman–Crippen LogP) is 2.85. The summed E-state index contributed by atoms with van der Waals surface area (Å²) in [5.41, 5.74) is 0.590. The number of ether oxygens (including phenoxy) is 1. The van der Waals surface area contributed by atoms with Crippen molar-refractivity contribution in [1.82, 2.24) is 0 Å². The molecule has 1 spiro atoms. The molecule has 2 fully saturated rings. The van der Waals surface area contributed by atoms with Crippen LogP contribution in [-0.4, -0.2) is 13.2 Å². The van der Waals surface area contributed by atoms with Crippen LogP contribution in [0.15, 0.2) is 0 Å². The predicted molar refractivity (Wildman–Crippen MR) is 50.0 cm³/mol. The highest BCUT2D eigenvalue weighted by Gasteiger charge is 2.42. The van der Waals surface area contributed by atoms with E-state index in [0.29, 0.717) is 5.41 Å². The lowest BCUT2D eigenvalue weighted by Crippen LogP contribution is -2.32. The standard InChI is InChI=1S/C11H20O/c1-9-3-5-11(6-4-9)8-12-7-10(11)2/h9-10H,3-8H2,1-2H3/t9?,10-,11?/m0/s1. The molecule has 2 rings (SSSR count). The van der Waals surface area contributed by atoms with Crippen molar-refractivity contribution >= 4 is 0 Å². The van der Waals surface area contributed by atoms with Gasteiger partial charge in [-0.05, 0) is 30.1 Å². The Labute approximate surface area is 75.5 Å². The first-order valence-corrected chi connectivity index (χ1v) is 5.31. The van der Waals surface area contributed by atoms with Crippen LogP contribution in [0, 0.1) is 17.3 Å². The van der Waals surface area contributed by atoms with E-state index in [-0.39, 0.29) is 0 Å². The molecule has 0 N–H and O–H groups in total. The number of rotatable bonds is 0. The molecule has 70 valence electrons. The van der Waals surface area contributed by atoms with E-state index in [4.69, 9.17) is 4.74 Å². The molecule has 1 aliphatic heterocycles. The van der Waals surface area contributed by atoms with Crippen molar-refractivity contribution in [2.24, 2.45) is 17.3 Å². The molecule has 12 heavy (non-hydrogen) atoms. The van der Waals surface area contributed by atoms with Crippen LogP contribution in [0.4, 0.5) is 0 Å². The summed E-state index contributed by atoms with van der Waals surface area (Å²) in [6.45, 7) is 6.80. The van der Waals surface area contributed by atoms with Gasteiger partial charge in [-0.1, -0.05) is 26.7 Å². The molecule has 0 amide bonds. The van der Waals surface area contributed by atoms with Crippen LogP contribution in [0.25, 0.3) is 0 Å². The van der Waals surface area contributed by atoms with Gasteiger partial charge in [0.15, 0.2) is 0 Å². The van der Waals surface area contributed by atoms with Gasteiger partial charge in [-0.3, -0.25) is 0 Å². The Morgan fingerprint density at radius 2 is 1.83 bits per heavy atom. The van der Waals surface area contributed by atoms with Crippen LogP contribution in [0.1, 0.15) is 39.5 Å². The fourth-order valence-electron chi connectivity index (χ4n) is 2.73. The van der Waals surface area contributed by atoms with E-state index in [1.807, 2.05) is 0 Å². The number of hydrogen-bond donors (Lipinski definition) is 0. The van der Waals surface area contributed by atoms with Crippen molar-refractivity contribution in [3.8, 4) is 0 Å². The first-order valence-electron chi connectivity index (χ1n) is 5.31. The minimum Gasteiger partial charge on any atom is -0.381 e. The Bertz CT molecular complexity index is 156. The van der Waals surface area contributed by atoms with E-state index in [0.717, 1.165) is 25.0 Å². The minimum atomic E-state index is 0.590. The quantitative estimate of drug-likeness (QED) is 0.540. The maximum atomic E-state index is 5.59. The minimum absolute atomic E-state index is 0.590. The third-order valence-corrected chi connectivity index (χ3v) is 4.07. The molecule has 0 aromatic carbocycles. The molecule has 1 saturated heterocycles. The Balaban J connectivity index is 2.02. The molecule has 0 aromatic heterocycles. The number of hydrogen-bond acceptors (Lipinski definition) is 1. The maximum Gasteiger partial charge on any atom is 0.0525 e. The van der Waals surface area contributed by atoms with E-state index in [2.05, 4.69) is 13.8 Å². The third-order valence-electron chi connectivity index (χ3n) is 4.07. The van der Waals surface area contributed by atoms with E-state index in [1.54, 1.807) is 0 Å². The molecule has 2 aliphatic rings. The largest absolute Gasteiger partial charge is 0.381 e. The molecule has 0 unspecified atom stereocenters. The summed E-state index contributed by atoms with van der Waals surface area (Å²) in [6.07, 6.45) is 5.67. The van der Waals surface area contributed by atoms with Gasteiger partial charge < -0.3 is 4.74 Å². The third kappa shape index (κ3) is 1.28. The van der Waals surface area contributed by atoms with Crippen LogP contribution in [0.2, 0.25) is 0 Å². The zero-order valence-corrected chi connectivity index (χ0v) is 8.31. The fourth-order valence-corrected chi connectivity index (χ4v) is 2.73. The molecule has 1 aliphatic carbocycles. The van der Waals surface area contributed by atoms with Crippen molar-refractivity contribution < 1.29 is 4.74 Å². The second-order valence-electron chi connectivity index (χ2n) is 4.96. The molecular weight excluding hydrogens is 148 g/mol. The molecule has 1 atom stereocenters. The molecular formula is C11H20O. The summed E-state index contributed by atoms with van der Waals surface area (Å²) < 4.78 is 5.59. The van der Waals surface area contributed by atoms with E-state index < -0.39 is 0 Å². The Morgan fingerprint density at radius 3 is 2.33 bits per heavy atom. The zero-order valence-electron chi connectivity index (χ0n) is 8.31. The van der Waals surface area contributed by atoms with Crippen molar-refractivity contribution in [2.45, 2.75) is 39.5 Å². The van der Waals surface area contributed by atoms with Gasteiger partial charge in [0.25, 0.3) is 0 Å². The molecule has 1 heterocycles. The van der Waals surface area contributed by atoms with E-state index in [9.17, 15) is 0 Å². The lowest BCUT2D eigenvalue weighted by Gasteiger charge is -2.38. The van der Waals surface area contributed by atoms with Crippen LogP contribution in [0.3, 0.4) is 0 Å². The first kappa shape index (κ1) is 8.55. The molecule has 0 radical (unpaired) electrons. The van der Waals surface area contributed by atoms with Gasteiger partial charge in [0.2, 0.25) is 0 Å². The highest BCUT2D eigenvalue weighted by molar-refractivity contribution is 4.91. The first-order chi connectivity index (χ1) is 5.73. The average Bonchev–Trinajstić information content (AvgIpc) is 2.41. The highest BCUT2D eigenvalue weighted by Crippen LogP contribution is 2.47. The smallest absolute Gasteiger partial charge is 0.0525 e. The van der Waals surface area contributed by atoms with Crippen LogP contribution in [0.5, 0.6) is 0 Å². The summed E-state index contributed by atoms with van der Waals surface area (Å²) in [4.78, 5) is 0. The van der Waals surface area contributed by atoms with E-state index >= 15 is 0 Å². The molecule has 0 bridgehead atoms. The van der Waals surface area contributed by atoms with Gasteiger partial charge in [0.05, 0.1) is 6.61 Å². The van der Waals surface area contributed by atoms with Gasteiger partial charge in [0, 0.05) is 6.61 Å². The van der Waals surface area contributed by atoms with Crippen molar-refractivity contribution in [3.63, 3.8) is 0 Å². The van der Waals surface area contributed by atoms with Crippen molar-refractivity contribution in [1.29, 1.82) is 0 Å². The van der Waals surface area contributed by atoms with Gasteiger partial charge in [0.1, 0.15) is 0 Å². The van der Waals surface area contributed by atoms with Gasteiger partial charge in [-0.25, -0.2) is 0 Å². The van der Waals surface area contributed by atoms with Crippen molar-refractivity contribution in [3.05, 3.63) is 0 Å². The summed E-state index contributed by atoms with van der Waals surface area (Å²) >= 11 is 0. The topological polar surface area (TPSA) is 9.23 Å². The second kappa shape index (κ2) is 3.02. The molecule has 0 aromatic rings. The molecule has 1 saturated carbocycles. The lowest BCUT2D eigenvalue weighted by molar-refractivity contribution is 0.0965. The van der Waals surface area contributed by atoms with Gasteiger partial charge >= 0.3 is 0 Å². The second-order valence-corrected chi connectivity index (χ2v) is 4.96. The average molecular weight is 168 g/mol.